The van der Waals surface area contributed by atoms with Gasteiger partial charge in [-0.15, -0.1) is 12.4 Å². The fraction of sp³-hybridized carbons (Fsp3) is 0.333. The molecule has 1 aromatic rings. The van der Waals surface area contributed by atoms with Crippen molar-refractivity contribution in [3.05, 3.63) is 27.7 Å². The van der Waals surface area contributed by atoms with Gasteiger partial charge in [0.2, 0.25) is 0 Å². The summed E-state index contributed by atoms with van der Waals surface area (Å²) in [6, 6.07) is 4.09. The van der Waals surface area contributed by atoms with Gasteiger partial charge >= 0.3 is 0 Å². The number of fused-ring (bicyclic) bond motifs is 1. The average Bonchev–Trinajstić information content (AvgIpc) is 2.52. The summed E-state index contributed by atoms with van der Waals surface area (Å²) in [6.45, 7) is 1.91. The van der Waals surface area contributed by atoms with Gasteiger partial charge in [0, 0.05) is 17.6 Å². The van der Waals surface area contributed by atoms with E-state index in [4.69, 9.17) is 4.74 Å². The zero-order valence-corrected chi connectivity index (χ0v) is 9.67. The van der Waals surface area contributed by atoms with Gasteiger partial charge < -0.3 is 10.1 Å². The van der Waals surface area contributed by atoms with Gasteiger partial charge in [-0.05, 0) is 23.3 Å². The lowest BCUT2D eigenvalue weighted by molar-refractivity contribution is 0.414. The molecule has 1 N–H and O–H groups in total. The minimum atomic E-state index is 0. The highest BCUT2D eigenvalue weighted by molar-refractivity contribution is 9.10. The molecule has 13 heavy (non-hydrogen) atoms. The van der Waals surface area contributed by atoms with Crippen LogP contribution in [0.1, 0.15) is 11.1 Å². The Hall–Kier alpha value is -0.250. The van der Waals surface area contributed by atoms with Crippen LogP contribution in [-0.4, -0.2) is 7.11 Å². The highest BCUT2D eigenvalue weighted by Crippen LogP contribution is 2.29. The van der Waals surface area contributed by atoms with Gasteiger partial charge in [-0.1, -0.05) is 15.9 Å². The van der Waals surface area contributed by atoms with Crippen LogP contribution in [0.5, 0.6) is 5.75 Å². The molecule has 1 aromatic carbocycles. The predicted molar refractivity (Wildman–Crippen MR) is 58.5 cm³/mol. The Morgan fingerprint density at radius 2 is 2.15 bits per heavy atom. The fourth-order valence-electron chi connectivity index (χ4n) is 1.46. The first-order chi connectivity index (χ1) is 5.81. The molecule has 1 aliphatic heterocycles. The molecule has 4 heteroatoms. The lowest BCUT2D eigenvalue weighted by Crippen LogP contribution is -2.00. The van der Waals surface area contributed by atoms with E-state index in [0.29, 0.717) is 0 Å². The lowest BCUT2D eigenvalue weighted by atomic mass is 10.1. The molecule has 0 fully saturated rings. The van der Waals surface area contributed by atoms with Crippen molar-refractivity contribution in [2.75, 3.05) is 7.11 Å². The van der Waals surface area contributed by atoms with Crippen LogP contribution in [0.2, 0.25) is 0 Å². The van der Waals surface area contributed by atoms with Gasteiger partial charge in [-0.3, -0.25) is 0 Å². The summed E-state index contributed by atoms with van der Waals surface area (Å²) in [4.78, 5) is 0. The molecular formula is C9H11BrClNO. The van der Waals surface area contributed by atoms with E-state index in [1.807, 2.05) is 6.07 Å². The third kappa shape index (κ3) is 1.98. The zero-order valence-electron chi connectivity index (χ0n) is 7.26. The predicted octanol–water partition coefficient (Wildman–Crippen LogP) is 2.48. The zero-order chi connectivity index (χ0) is 8.55. The van der Waals surface area contributed by atoms with Crippen LogP contribution in [0.25, 0.3) is 0 Å². The van der Waals surface area contributed by atoms with Crippen molar-refractivity contribution in [3.63, 3.8) is 0 Å². The van der Waals surface area contributed by atoms with E-state index in [0.717, 1.165) is 23.3 Å². The Bertz CT molecular complexity index is 317. The van der Waals surface area contributed by atoms with Crippen LogP contribution in [-0.2, 0) is 13.1 Å². The van der Waals surface area contributed by atoms with E-state index in [9.17, 15) is 0 Å². The largest absolute Gasteiger partial charge is 0.497 e. The number of rotatable bonds is 1. The van der Waals surface area contributed by atoms with Gasteiger partial charge in [0.15, 0.2) is 0 Å². The standard InChI is InChI=1S/C9H10BrNO.ClH/c1-12-7-2-6-4-11-5-8(6)9(10)3-7;/h2-3,11H,4-5H2,1H3;1H. The van der Waals surface area contributed by atoms with Crippen molar-refractivity contribution in [3.8, 4) is 5.75 Å². The van der Waals surface area contributed by atoms with Crippen LogP contribution >= 0.6 is 28.3 Å². The maximum atomic E-state index is 5.16. The van der Waals surface area contributed by atoms with Gasteiger partial charge in [0.1, 0.15) is 5.75 Å². The first kappa shape index (κ1) is 10.8. The van der Waals surface area contributed by atoms with Crippen LogP contribution in [0.4, 0.5) is 0 Å². The number of methoxy groups -OCH3 is 1. The Morgan fingerprint density at radius 1 is 1.38 bits per heavy atom. The minimum absolute atomic E-state index is 0. The minimum Gasteiger partial charge on any atom is -0.497 e. The Labute approximate surface area is 92.2 Å². The van der Waals surface area contributed by atoms with Crippen molar-refractivity contribution < 1.29 is 4.74 Å². The topological polar surface area (TPSA) is 21.3 Å². The molecule has 0 saturated heterocycles. The lowest BCUT2D eigenvalue weighted by Gasteiger charge is -2.05. The summed E-state index contributed by atoms with van der Waals surface area (Å²) in [7, 11) is 1.69. The maximum absolute atomic E-state index is 5.16. The van der Waals surface area contributed by atoms with Gasteiger partial charge in [0.25, 0.3) is 0 Å². The van der Waals surface area contributed by atoms with Crippen LogP contribution in [0, 0.1) is 0 Å². The SMILES string of the molecule is COc1cc(Br)c2c(c1)CNC2.Cl. The van der Waals surface area contributed by atoms with Crippen LogP contribution < -0.4 is 10.1 Å². The number of hydrogen-bond acceptors (Lipinski definition) is 2. The van der Waals surface area contributed by atoms with Crippen LogP contribution in [0.15, 0.2) is 16.6 Å². The van der Waals surface area contributed by atoms with E-state index in [-0.39, 0.29) is 12.4 Å². The van der Waals surface area contributed by atoms with Gasteiger partial charge in [-0.25, -0.2) is 0 Å². The molecule has 0 spiro atoms. The smallest absolute Gasteiger partial charge is 0.120 e. The second kappa shape index (κ2) is 4.31. The normalized spacial score (nSPS) is 13.4. The number of benzene rings is 1. The second-order valence-corrected chi connectivity index (χ2v) is 3.70. The molecule has 0 amide bonds. The molecule has 0 aliphatic carbocycles. The van der Waals surface area contributed by atoms with Gasteiger partial charge in [0.05, 0.1) is 7.11 Å². The number of hydrogen-bond donors (Lipinski definition) is 1. The highest BCUT2D eigenvalue weighted by Gasteiger charge is 2.14. The van der Waals surface area contributed by atoms with Crippen molar-refractivity contribution in [1.82, 2.24) is 5.32 Å². The summed E-state index contributed by atoms with van der Waals surface area (Å²) in [5, 5.41) is 3.29. The fourth-order valence-corrected chi connectivity index (χ4v) is 2.08. The van der Waals surface area contributed by atoms with Crippen molar-refractivity contribution in [2.45, 2.75) is 13.1 Å². The third-order valence-corrected chi connectivity index (χ3v) is 2.82. The quantitative estimate of drug-likeness (QED) is 0.841. The molecular weight excluding hydrogens is 253 g/mol. The summed E-state index contributed by atoms with van der Waals surface area (Å²) < 4.78 is 6.30. The van der Waals surface area contributed by atoms with Crippen molar-refractivity contribution in [2.24, 2.45) is 0 Å². The molecule has 0 bridgehead atoms. The van der Waals surface area contributed by atoms with E-state index in [1.54, 1.807) is 7.11 Å². The van der Waals surface area contributed by atoms with E-state index < -0.39 is 0 Å². The molecule has 1 heterocycles. The summed E-state index contributed by atoms with van der Waals surface area (Å²) in [5.41, 5.74) is 2.69. The Balaban J connectivity index is 0.000000845. The summed E-state index contributed by atoms with van der Waals surface area (Å²) in [5.74, 6) is 0.921. The maximum Gasteiger partial charge on any atom is 0.120 e. The molecule has 2 nitrogen and oxygen atoms in total. The van der Waals surface area contributed by atoms with E-state index in [2.05, 4.69) is 27.3 Å². The Morgan fingerprint density at radius 3 is 2.85 bits per heavy atom. The van der Waals surface area contributed by atoms with Crippen molar-refractivity contribution in [1.29, 1.82) is 0 Å². The van der Waals surface area contributed by atoms with E-state index >= 15 is 0 Å². The molecule has 0 unspecified atom stereocenters. The second-order valence-electron chi connectivity index (χ2n) is 2.85. The molecule has 0 saturated carbocycles. The van der Waals surface area contributed by atoms with Crippen molar-refractivity contribution >= 4 is 28.3 Å². The molecule has 72 valence electrons. The average molecular weight is 265 g/mol. The molecule has 0 aromatic heterocycles. The first-order valence-corrected chi connectivity index (χ1v) is 4.66. The monoisotopic (exact) mass is 263 g/mol. The molecule has 0 atom stereocenters. The highest BCUT2D eigenvalue weighted by atomic mass is 79.9. The number of nitrogens with one attached hydrogen (secondary N) is 1. The summed E-state index contributed by atoms with van der Waals surface area (Å²) >= 11 is 3.52. The molecule has 2 rings (SSSR count). The number of ether oxygens (including phenoxy) is 1. The third-order valence-electron chi connectivity index (χ3n) is 2.11. The van der Waals surface area contributed by atoms with Gasteiger partial charge in [-0.2, -0.15) is 0 Å². The van der Waals surface area contributed by atoms with E-state index in [1.165, 1.54) is 11.1 Å². The Kier molecular flexibility index (Phi) is 3.59. The first-order valence-electron chi connectivity index (χ1n) is 3.87. The molecule has 1 aliphatic rings. The number of halogens is 2. The van der Waals surface area contributed by atoms with Crippen LogP contribution in [0.3, 0.4) is 0 Å². The summed E-state index contributed by atoms with van der Waals surface area (Å²) in [6.07, 6.45) is 0. The molecule has 0 radical (unpaired) electrons.